The van der Waals surface area contributed by atoms with Crippen LogP contribution in [-0.4, -0.2) is 67.8 Å². The lowest BCUT2D eigenvalue weighted by Gasteiger charge is -2.43. The summed E-state index contributed by atoms with van der Waals surface area (Å²) in [6.45, 7) is 11.6. The zero-order valence-electron chi connectivity index (χ0n) is 23.3. The van der Waals surface area contributed by atoms with Crippen LogP contribution in [0.4, 0.5) is 0 Å². The molecule has 0 aliphatic carbocycles. The minimum Gasteiger partial charge on any atom is -0.405 e. The molecule has 1 aliphatic heterocycles. The highest BCUT2D eigenvalue weighted by Gasteiger charge is 2.52. The van der Waals surface area contributed by atoms with E-state index in [1.807, 2.05) is 36.4 Å². The normalized spacial score (nSPS) is 21.3. The smallest absolute Gasteiger partial charge is 0.330 e. The molecule has 1 saturated heterocycles. The zero-order chi connectivity index (χ0) is 28.9. The van der Waals surface area contributed by atoms with Crippen LogP contribution in [0.1, 0.15) is 32.6 Å². The SMILES string of the molecule is C=NOCCO[C@@H]1[C@H](O)[C@@H](CO[Si](c2ccccc2)(c2ccccc2)C(C)(C)C)O[C@H]1n1cc(C)c(=O)[nH]c1=O. The number of aryl methyl sites for hydroxylation is 1. The fraction of sp³-hybridized carbons (Fsp3) is 0.414. The van der Waals surface area contributed by atoms with Crippen molar-refractivity contribution in [3.8, 4) is 0 Å². The molecule has 0 radical (unpaired) electrons. The molecule has 2 N–H and O–H groups in total. The number of rotatable bonds is 11. The Balaban J connectivity index is 1.70. The second-order valence-corrected chi connectivity index (χ2v) is 15.1. The quantitative estimate of drug-likeness (QED) is 0.156. The van der Waals surface area contributed by atoms with Crippen LogP contribution in [0.5, 0.6) is 0 Å². The molecule has 3 aromatic rings. The summed E-state index contributed by atoms with van der Waals surface area (Å²) >= 11 is 0. The summed E-state index contributed by atoms with van der Waals surface area (Å²) in [5.74, 6) is 0. The van der Waals surface area contributed by atoms with Crippen LogP contribution < -0.4 is 21.6 Å². The van der Waals surface area contributed by atoms with Crippen LogP contribution in [0, 0.1) is 6.92 Å². The predicted molar refractivity (Wildman–Crippen MR) is 155 cm³/mol. The Morgan fingerprint density at radius 2 is 1.65 bits per heavy atom. The number of aromatic amines is 1. The van der Waals surface area contributed by atoms with E-state index in [1.54, 1.807) is 6.92 Å². The second kappa shape index (κ2) is 12.4. The van der Waals surface area contributed by atoms with Gasteiger partial charge < -0.3 is 23.8 Å². The van der Waals surface area contributed by atoms with E-state index in [0.29, 0.717) is 5.56 Å². The summed E-state index contributed by atoms with van der Waals surface area (Å²) in [5, 5.41) is 16.7. The summed E-state index contributed by atoms with van der Waals surface area (Å²) < 4.78 is 20.4. The van der Waals surface area contributed by atoms with Gasteiger partial charge in [0.2, 0.25) is 0 Å². The third-order valence-corrected chi connectivity index (χ3v) is 12.2. The fourth-order valence-electron chi connectivity index (χ4n) is 5.29. The minimum atomic E-state index is -2.92. The Morgan fingerprint density at radius 1 is 1.05 bits per heavy atom. The van der Waals surface area contributed by atoms with Gasteiger partial charge in [-0.2, -0.15) is 0 Å². The van der Waals surface area contributed by atoms with Gasteiger partial charge >= 0.3 is 5.69 Å². The molecule has 10 nitrogen and oxygen atoms in total. The number of aromatic nitrogens is 2. The van der Waals surface area contributed by atoms with Crippen LogP contribution in [-0.2, 0) is 18.7 Å². The lowest BCUT2D eigenvalue weighted by atomic mass is 10.1. The van der Waals surface area contributed by atoms with Crippen molar-refractivity contribution in [3.63, 3.8) is 0 Å². The Kier molecular flexibility index (Phi) is 9.21. The van der Waals surface area contributed by atoms with E-state index in [-0.39, 0.29) is 24.9 Å². The number of oxime groups is 1. The summed E-state index contributed by atoms with van der Waals surface area (Å²) in [4.78, 5) is 32.0. The molecule has 0 amide bonds. The van der Waals surface area contributed by atoms with Crippen molar-refractivity contribution < 1.29 is 23.8 Å². The van der Waals surface area contributed by atoms with Crippen molar-refractivity contribution in [1.29, 1.82) is 0 Å². The third kappa shape index (κ3) is 5.88. The number of H-pyrrole nitrogens is 1. The van der Waals surface area contributed by atoms with Crippen LogP contribution in [0.25, 0.3) is 0 Å². The Bertz CT molecular complexity index is 1350. The van der Waals surface area contributed by atoms with Crippen molar-refractivity contribution >= 4 is 25.4 Å². The topological polar surface area (TPSA) is 124 Å². The highest BCUT2D eigenvalue weighted by Crippen LogP contribution is 2.38. The second-order valence-electron chi connectivity index (χ2n) is 10.8. The average molecular weight is 568 g/mol. The van der Waals surface area contributed by atoms with Crippen LogP contribution in [0.15, 0.2) is 81.6 Å². The summed E-state index contributed by atoms with van der Waals surface area (Å²) in [5.41, 5.74) is -0.837. The molecule has 1 fully saturated rings. The molecule has 40 heavy (non-hydrogen) atoms. The number of hydrogen-bond acceptors (Lipinski definition) is 8. The molecule has 2 heterocycles. The molecule has 4 atom stereocenters. The van der Waals surface area contributed by atoms with Gasteiger partial charge in [0, 0.05) is 18.5 Å². The van der Waals surface area contributed by atoms with E-state index in [2.05, 4.69) is 61.9 Å². The maximum atomic E-state index is 12.8. The van der Waals surface area contributed by atoms with Gasteiger partial charge in [-0.15, -0.1) is 5.16 Å². The first-order valence-electron chi connectivity index (χ1n) is 13.2. The molecule has 4 rings (SSSR count). The molecule has 0 unspecified atom stereocenters. The van der Waals surface area contributed by atoms with Crippen molar-refractivity contribution in [3.05, 3.63) is 93.3 Å². The maximum absolute atomic E-state index is 12.8. The predicted octanol–water partition coefficient (Wildman–Crippen LogP) is 1.70. The van der Waals surface area contributed by atoms with E-state index >= 15 is 0 Å². The Labute approximate surface area is 234 Å². The number of aliphatic hydroxyl groups excluding tert-OH is 1. The number of aliphatic hydroxyl groups is 1. The standard InChI is InChI=1S/C29H37N3O7Si/c1-20-18-32(28(35)31-26(20)34)27-25(36-16-17-37-30-5)24(33)23(39-27)19-38-40(29(2,3)4,21-12-8-6-9-13-21)22-14-10-7-11-15-22/h6-15,18,23-25,27,33H,5,16-17,19H2,1-4H3,(H,31,34,35)/t23-,24-,25-,27-/m1/s1. The van der Waals surface area contributed by atoms with E-state index in [1.165, 1.54) is 10.8 Å². The molecule has 1 aliphatic rings. The Hall–Kier alpha value is -3.35. The van der Waals surface area contributed by atoms with Crippen LogP contribution >= 0.6 is 0 Å². The number of nitrogens with one attached hydrogen (secondary N) is 1. The maximum Gasteiger partial charge on any atom is 0.330 e. The monoisotopic (exact) mass is 567 g/mol. The molecule has 1 aromatic heterocycles. The Morgan fingerprint density at radius 3 is 2.20 bits per heavy atom. The van der Waals surface area contributed by atoms with Gasteiger partial charge in [-0.05, 0) is 22.3 Å². The fourth-order valence-corrected chi connectivity index (χ4v) is 9.86. The van der Waals surface area contributed by atoms with Crippen LogP contribution in [0.3, 0.4) is 0 Å². The molecule has 0 saturated carbocycles. The van der Waals surface area contributed by atoms with E-state index in [4.69, 9.17) is 18.7 Å². The molecule has 214 valence electrons. The highest BCUT2D eigenvalue weighted by molar-refractivity contribution is 6.99. The van der Waals surface area contributed by atoms with Gasteiger partial charge in [0.15, 0.2) is 6.23 Å². The number of hydrogen-bond donors (Lipinski definition) is 2. The first kappa shape index (κ1) is 29.6. The highest BCUT2D eigenvalue weighted by atomic mass is 28.4. The molecular formula is C29H37N3O7Si. The number of benzene rings is 2. The summed E-state index contributed by atoms with van der Waals surface area (Å²) in [7, 11) is -2.92. The molecule has 0 bridgehead atoms. The largest absolute Gasteiger partial charge is 0.405 e. The minimum absolute atomic E-state index is 0.0482. The third-order valence-electron chi connectivity index (χ3n) is 7.19. The first-order chi connectivity index (χ1) is 19.1. The first-order valence-corrected chi connectivity index (χ1v) is 15.1. The van der Waals surface area contributed by atoms with Gasteiger partial charge in [0.05, 0.1) is 13.2 Å². The van der Waals surface area contributed by atoms with Gasteiger partial charge in [-0.1, -0.05) is 81.4 Å². The molecule has 0 spiro atoms. The number of ether oxygens (including phenoxy) is 2. The number of nitrogens with zero attached hydrogens (tertiary/aromatic N) is 2. The van der Waals surface area contributed by atoms with Gasteiger partial charge in [0.1, 0.15) is 24.9 Å². The lowest BCUT2D eigenvalue weighted by Crippen LogP contribution is -2.67. The van der Waals surface area contributed by atoms with Crippen molar-refractivity contribution in [1.82, 2.24) is 9.55 Å². The van der Waals surface area contributed by atoms with E-state index in [9.17, 15) is 14.7 Å². The van der Waals surface area contributed by atoms with Crippen molar-refractivity contribution in [2.24, 2.45) is 5.16 Å². The van der Waals surface area contributed by atoms with E-state index in [0.717, 1.165) is 10.4 Å². The summed E-state index contributed by atoms with van der Waals surface area (Å²) in [6, 6.07) is 20.3. The van der Waals surface area contributed by atoms with Gasteiger partial charge in [0.25, 0.3) is 13.9 Å². The van der Waals surface area contributed by atoms with Crippen molar-refractivity contribution in [2.45, 2.75) is 57.3 Å². The van der Waals surface area contributed by atoms with Gasteiger partial charge in [-0.3, -0.25) is 14.3 Å². The van der Waals surface area contributed by atoms with Gasteiger partial charge in [-0.25, -0.2) is 4.79 Å². The van der Waals surface area contributed by atoms with Crippen LogP contribution in [0.2, 0.25) is 5.04 Å². The lowest BCUT2D eigenvalue weighted by molar-refractivity contribution is -0.0838. The molecular weight excluding hydrogens is 530 g/mol. The molecule has 2 aromatic carbocycles. The van der Waals surface area contributed by atoms with Crippen molar-refractivity contribution in [2.75, 3.05) is 19.8 Å². The zero-order valence-corrected chi connectivity index (χ0v) is 24.3. The summed E-state index contributed by atoms with van der Waals surface area (Å²) in [6.07, 6.45) is -2.51. The average Bonchev–Trinajstić information content (AvgIpc) is 3.24. The molecule has 11 heteroatoms. The van der Waals surface area contributed by atoms with E-state index < -0.39 is 44.1 Å².